The molecule has 0 spiro atoms. The molecule has 3 aromatic rings. The molecule has 5 rings (SSSR count). The van der Waals surface area contributed by atoms with E-state index in [1.165, 1.54) is 6.92 Å². The van der Waals surface area contributed by atoms with Gasteiger partial charge < -0.3 is 9.64 Å². The zero-order valence-electron chi connectivity index (χ0n) is 19.3. The van der Waals surface area contributed by atoms with E-state index in [1.54, 1.807) is 78.9 Å². The first kappa shape index (κ1) is 23.4. The zero-order chi connectivity index (χ0) is 25.4. The Bertz CT molecular complexity index is 1450. The molecule has 36 heavy (non-hydrogen) atoms. The predicted molar refractivity (Wildman–Crippen MR) is 135 cm³/mol. The molecule has 0 bridgehead atoms. The molecular formula is C29H20ClN3O3. The second kappa shape index (κ2) is 9.00. The number of ketones is 1. The van der Waals surface area contributed by atoms with Crippen molar-refractivity contribution in [3.05, 3.63) is 101 Å². The second-order valence-electron chi connectivity index (χ2n) is 8.82. The number of carbonyl (C=O) groups excluding carboxylic acids is 2. The Morgan fingerprint density at radius 3 is 2.33 bits per heavy atom. The average molecular weight is 494 g/mol. The molecule has 176 valence electrons. The van der Waals surface area contributed by atoms with E-state index < -0.39 is 29.4 Å². The fourth-order valence-corrected chi connectivity index (χ4v) is 5.44. The Morgan fingerprint density at radius 2 is 1.69 bits per heavy atom. The molecule has 0 saturated carbocycles. The summed E-state index contributed by atoms with van der Waals surface area (Å²) < 4.78 is 5.24. The van der Waals surface area contributed by atoms with Gasteiger partial charge in [-0.2, -0.15) is 10.5 Å². The maximum Gasteiger partial charge on any atom is 0.308 e. The highest BCUT2D eigenvalue weighted by Crippen LogP contribution is 2.55. The second-order valence-corrected chi connectivity index (χ2v) is 9.26. The van der Waals surface area contributed by atoms with E-state index >= 15 is 0 Å². The van der Waals surface area contributed by atoms with Crippen LogP contribution in [0.2, 0.25) is 5.02 Å². The van der Waals surface area contributed by atoms with E-state index in [0.717, 1.165) is 5.56 Å². The lowest BCUT2D eigenvalue weighted by Gasteiger charge is -2.35. The van der Waals surface area contributed by atoms with Gasteiger partial charge in [0.25, 0.3) is 0 Å². The lowest BCUT2D eigenvalue weighted by Crippen LogP contribution is -2.44. The Hall–Kier alpha value is -4.39. The number of carbonyl (C=O) groups is 2. The Kier molecular flexibility index (Phi) is 5.84. The predicted octanol–water partition coefficient (Wildman–Crippen LogP) is 5.55. The first-order chi connectivity index (χ1) is 17.4. The van der Waals surface area contributed by atoms with Crippen molar-refractivity contribution in [2.45, 2.75) is 24.9 Å². The van der Waals surface area contributed by atoms with E-state index in [-0.39, 0.29) is 5.78 Å². The van der Waals surface area contributed by atoms with Crippen LogP contribution in [0.25, 0.3) is 6.08 Å². The van der Waals surface area contributed by atoms with Crippen LogP contribution >= 0.6 is 11.6 Å². The normalized spacial score (nSPS) is 21.0. The number of ether oxygens (including phenoxy) is 1. The number of hydrogen-bond acceptors (Lipinski definition) is 6. The zero-order valence-corrected chi connectivity index (χ0v) is 20.0. The number of rotatable bonds is 4. The number of fused-ring (bicyclic) bond motifs is 3. The van der Waals surface area contributed by atoms with Gasteiger partial charge in [-0.05, 0) is 35.9 Å². The summed E-state index contributed by atoms with van der Waals surface area (Å²) in [5.41, 5.74) is 1.01. The summed E-state index contributed by atoms with van der Waals surface area (Å²) in [6, 6.07) is 24.0. The molecule has 1 saturated heterocycles. The fourth-order valence-electron chi connectivity index (χ4n) is 5.32. The van der Waals surface area contributed by atoms with Gasteiger partial charge in [0.15, 0.2) is 11.2 Å². The molecule has 2 aliphatic heterocycles. The molecular weight excluding hydrogens is 474 g/mol. The molecule has 0 aliphatic carbocycles. The van der Waals surface area contributed by atoms with E-state index in [2.05, 4.69) is 12.1 Å². The van der Waals surface area contributed by atoms with Crippen LogP contribution in [0.4, 0.5) is 5.69 Å². The quantitative estimate of drug-likeness (QED) is 0.269. The number of Topliss-reactive ketones (excluding diaryl/α,β-unsaturated/α-hetero) is 1. The largest absolute Gasteiger partial charge is 0.427 e. The first-order valence-electron chi connectivity index (χ1n) is 11.4. The summed E-state index contributed by atoms with van der Waals surface area (Å²) in [7, 11) is 0. The number of esters is 1. The van der Waals surface area contributed by atoms with Gasteiger partial charge in [0.05, 0.1) is 18.2 Å². The minimum Gasteiger partial charge on any atom is -0.427 e. The van der Waals surface area contributed by atoms with Gasteiger partial charge in [0, 0.05) is 34.7 Å². The van der Waals surface area contributed by atoms with E-state index in [0.29, 0.717) is 27.6 Å². The van der Waals surface area contributed by atoms with Crippen molar-refractivity contribution in [2.75, 3.05) is 4.90 Å². The summed E-state index contributed by atoms with van der Waals surface area (Å²) >= 11 is 6.14. The minimum absolute atomic E-state index is 0.196. The number of halogens is 1. The van der Waals surface area contributed by atoms with Crippen LogP contribution in [0, 0.1) is 28.1 Å². The molecule has 0 radical (unpaired) electrons. The van der Waals surface area contributed by atoms with Gasteiger partial charge in [-0.1, -0.05) is 66.2 Å². The van der Waals surface area contributed by atoms with Crippen molar-refractivity contribution in [2.24, 2.45) is 5.41 Å². The van der Waals surface area contributed by atoms with Gasteiger partial charge in [-0.3, -0.25) is 9.59 Å². The van der Waals surface area contributed by atoms with Crippen LogP contribution in [-0.2, 0) is 4.79 Å². The summed E-state index contributed by atoms with van der Waals surface area (Å²) in [5.74, 6) is -1.03. The van der Waals surface area contributed by atoms with Crippen LogP contribution in [0.5, 0.6) is 5.75 Å². The van der Waals surface area contributed by atoms with E-state index in [4.69, 9.17) is 16.3 Å². The van der Waals surface area contributed by atoms with Crippen LogP contribution in [-0.4, -0.2) is 23.8 Å². The standard InChI is InChI=1S/C29H20ClN3O3/c1-18(34)36-23-12-13-24-21(15-23)9-14-25-29(16-31,17-32)26(19-7-10-22(30)11-8-19)27(33(24)25)28(35)20-5-3-2-4-6-20/h2-15,25-27H,1H3. The number of anilines is 1. The van der Waals surface area contributed by atoms with Crippen LogP contribution in [0.3, 0.4) is 0 Å². The highest BCUT2D eigenvalue weighted by atomic mass is 35.5. The number of nitriles is 2. The van der Waals surface area contributed by atoms with Crippen molar-refractivity contribution in [1.29, 1.82) is 10.5 Å². The van der Waals surface area contributed by atoms with Crippen molar-refractivity contribution in [3.63, 3.8) is 0 Å². The minimum atomic E-state index is -1.55. The van der Waals surface area contributed by atoms with Gasteiger partial charge in [-0.15, -0.1) is 0 Å². The molecule has 2 aliphatic rings. The van der Waals surface area contributed by atoms with E-state index in [1.807, 2.05) is 11.0 Å². The molecule has 3 atom stereocenters. The maximum atomic E-state index is 14.1. The van der Waals surface area contributed by atoms with Crippen molar-refractivity contribution >= 4 is 35.1 Å². The fraction of sp³-hybridized carbons (Fsp3) is 0.172. The van der Waals surface area contributed by atoms with Gasteiger partial charge in [-0.25, -0.2) is 0 Å². The van der Waals surface area contributed by atoms with Crippen molar-refractivity contribution < 1.29 is 14.3 Å². The molecule has 2 heterocycles. The lowest BCUT2D eigenvalue weighted by atomic mass is 9.69. The van der Waals surface area contributed by atoms with Crippen LogP contribution < -0.4 is 9.64 Å². The third-order valence-corrected chi connectivity index (χ3v) is 7.05. The van der Waals surface area contributed by atoms with Gasteiger partial charge in [0.1, 0.15) is 11.8 Å². The molecule has 3 aromatic carbocycles. The number of benzene rings is 3. The third-order valence-electron chi connectivity index (χ3n) is 6.80. The number of hydrogen-bond donors (Lipinski definition) is 0. The smallest absolute Gasteiger partial charge is 0.308 e. The third kappa shape index (κ3) is 3.64. The van der Waals surface area contributed by atoms with Crippen LogP contribution in [0.15, 0.2) is 78.9 Å². The molecule has 1 fully saturated rings. The highest BCUT2D eigenvalue weighted by molar-refractivity contribution is 6.30. The monoisotopic (exact) mass is 493 g/mol. The van der Waals surface area contributed by atoms with Gasteiger partial charge >= 0.3 is 5.97 Å². The molecule has 7 heteroatoms. The first-order valence-corrected chi connectivity index (χ1v) is 11.7. The number of nitrogens with zero attached hydrogens (tertiary/aromatic N) is 3. The molecule has 0 amide bonds. The summed E-state index contributed by atoms with van der Waals surface area (Å²) in [4.78, 5) is 27.5. The Balaban J connectivity index is 1.74. The topological polar surface area (TPSA) is 94.2 Å². The molecule has 6 nitrogen and oxygen atoms in total. The summed E-state index contributed by atoms with van der Waals surface area (Å²) in [5, 5.41) is 21.5. The van der Waals surface area contributed by atoms with Crippen molar-refractivity contribution in [1.82, 2.24) is 0 Å². The molecule has 3 unspecified atom stereocenters. The van der Waals surface area contributed by atoms with Gasteiger partial charge in [0.2, 0.25) is 0 Å². The lowest BCUT2D eigenvalue weighted by molar-refractivity contribution is -0.131. The Morgan fingerprint density at radius 1 is 1.00 bits per heavy atom. The summed E-state index contributed by atoms with van der Waals surface area (Å²) in [6.07, 6.45) is 3.59. The molecule has 0 N–H and O–H groups in total. The SMILES string of the molecule is CC(=O)Oc1ccc2c(c1)C=CC1N2C(C(=O)c2ccccc2)C(c2ccc(Cl)cc2)C1(C#N)C#N. The Labute approximate surface area is 213 Å². The summed E-state index contributed by atoms with van der Waals surface area (Å²) in [6.45, 7) is 1.32. The van der Waals surface area contributed by atoms with Crippen molar-refractivity contribution in [3.8, 4) is 17.9 Å². The molecule has 0 aromatic heterocycles. The highest BCUT2D eigenvalue weighted by Gasteiger charge is 2.63. The van der Waals surface area contributed by atoms with Crippen LogP contribution in [0.1, 0.15) is 34.3 Å². The maximum absolute atomic E-state index is 14.1. The average Bonchev–Trinajstić information content (AvgIpc) is 3.19. The van der Waals surface area contributed by atoms with E-state index in [9.17, 15) is 20.1 Å².